The fourth-order valence-corrected chi connectivity index (χ4v) is 1.90. The molecular weight excluding hydrogens is 252 g/mol. The van der Waals surface area contributed by atoms with Crippen LogP contribution >= 0.6 is 0 Å². The van der Waals surface area contributed by atoms with Gasteiger partial charge in [-0.25, -0.2) is 9.97 Å². The molecule has 20 heavy (non-hydrogen) atoms. The molecule has 0 unspecified atom stereocenters. The van der Waals surface area contributed by atoms with Crippen LogP contribution in [-0.2, 0) is 0 Å². The fraction of sp³-hybridized carbons (Fsp3) is 0.267. The SMILES string of the molecule is CN(C(=O)c1ccnc(NC2CC2)n1)c1ccccc1. The molecule has 5 nitrogen and oxygen atoms in total. The van der Waals surface area contributed by atoms with Crippen molar-refractivity contribution < 1.29 is 4.79 Å². The lowest BCUT2D eigenvalue weighted by Gasteiger charge is -2.16. The van der Waals surface area contributed by atoms with Crippen LogP contribution in [0.15, 0.2) is 42.6 Å². The first kappa shape index (κ1) is 12.6. The van der Waals surface area contributed by atoms with Crippen LogP contribution in [0.1, 0.15) is 23.3 Å². The molecule has 0 bridgehead atoms. The van der Waals surface area contributed by atoms with E-state index in [4.69, 9.17) is 0 Å². The summed E-state index contributed by atoms with van der Waals surface area (Å²) in [5.41, 5.74) is 1.24. The normalized spacial score (nSPS) is 13.8. The highest BCUT2D eigenvalue weighted by atomic mass is 16.2. The molecule has 2 aromatic rings. The highest BCUT2D eigenvalue weighted by Crippen LogP contribution is 2.23. The summed E-state index contributed by atoms with van der Waals surface area (Å²) < 4.78 is 0. The third kappa shape index (κ3) is 2.77. The minimum atomic E-state index is -0.141. The Kier molecular flexibility index (Phi) is 3.33. The van der Waals surface area contributed by atoms with Crippen molar-refractivity contribution in [1.29, 1.82) is 0 Å². The van der Waals surface area contributed by atoms with Crippen LogP contribution in [0, 0.1) is 0 Å². The monoisotopic (exact) mass is 268 g/mol. The Morgan fingerprint density at radius 2 is 2.00 bits per heavy atom. The number of nitrogens with zero attached hydrogens (tertiary/aromatic N) is 3. The lowest BCUT2D eigenvalue weighted by atomic mass is 10.2. The molecule has 1 aromatic heterocycles. The fourth-order valence-electron chi connectivity index (χ4n) is 1.90. The van der Waals surface area contributed by atoms with Crippen LogP contribution in [-0.4, -0.2) is 29.0 Å². The zero-order chi connectivity index (χ0) is 13.9. The molecule has 5 heteroatoms. The Balaban J connectivity index is 1.79. The van der Waals surface area contributed by atoms with Gasteiger partial charge in [-0.15, -0.1) is 0 Å². The largest absolute Gasteiger partial charge is 0.351 e. The van der Waals surface area contributed by atoms with E-state index >= 15 is 0 Å². The number of hydrogen-bond acceptors (Lipinski definition) is 4. The number of rotatable bonds is 4. The number of para-hydroxylation sites is 1. The lowest BCUT2D eigenvalue weighted by Crippen LogP contribution is -2.27. The number of hydrogen-bond donors (Lipinski definition) is 1. The van der Waals surface area contributed by atoms with Gasteiger partial charge in [-0.1, -0.05) is 18.2 Å². The summed E-state index contributed by atoms with van der Waals surface area (Å²) in [6.45, 7) is 0. The van der Waals surface area contributed by atoms with Gasteiger partial charge in [0.05, 0.1) is 0 Å². The van der Waals surface area contributed by atoms with Crippen molar-refractivity contribution in [3.8, 4) is 0 Å². The molecule has 0 radical (unpaired) electrons. The first-order valence-electron chi connectivity index (χ1n) is 6.67. The Bertz CT molecular complexity index is 610. The minimum absolute atomic E-state index is 0.141. The van der Waals surface area contributed by atoms with Gasteiger partial charge in [0.2, 0.25) is 5.95 Å². The predicted molar refractivity (Wildman–Crippen MR) is 77.9 cm³/mol. The molecule has 1 aromatic carbocycles. The summed E-state index contributed by atoms with van der Waals surface area (Å²) in [4.78, 5) is 22.4. The number of aromatic nitrogens is 2. The van der Waals surface area contributed by atoms with Gasteiger partial charge in [-0.05, 0) is 31.0 Å². The van der Waals surface area contributed by atoms with E-state index in [1.807, 2.05) is 30.3 Å². The molecule has 102 valence electrons. The summed E-state index contributed by atoms with van der Waals surface area (Å²) in [5.74, 6) is 0.386. The molecule has 3 rings (SSSR count). The smallest absolute Gasteiger partial charge is 0.276 e. The van der Waals surface area contributed by atoms with Gasteiger partial charge in [0, 0.05) is 25.0 Å². The maximum atomic E-state index is 12.4. The number of carbonyl (C=O) groups is 1. The van der Waals surface area contributed by atoms with Crippen LogP contribution in [0.2, 0.25) is 0 Å². The third-order valence-electron chi connectivity index (χ3n) is 3.23. The Morgan fingerprint density at radius 3 is 2.70 bits per heavy atom. The molecule has 1 heterocycles. The van der Waals surface area contributed by atoms with Crippen molar-refractivity contribution in [3.63, 3.8) is 0 Å². The lowest BCUT2D eigenvalue weighted by molar-refractivity contribution is 0.0988. The van der Waals surface area contributed by atoms with Gasteiger partial charge < -0.3 is 10.2 Å². The van der Waals surface area contributed by atoms with Crippen LogP contribution < -0.4 is 10.2 Å². The Hall–Kier alpha value is -2.43. The molecule has 0 spiro atoms. The highest BCUT2D eigenvalue weighted by Gasteiger charge is 2.22. The van der Waals surface area contributed by atoms with E-state index < -0.39 is 0 Å². The molecular formula is C15H16N4O. The first-order valence-corrected chi connectivity index (χ1v) is 6.67. The zero-order valence-electron chi connectivity index (χ0n) is 11.3. The van der Waals surface area contributed by atoms with Crippen molar-refractivity contribution >= 4 is 17.5 Å². The number of amides is 1. The van der Waals surface area contributed by atoms with Gasteiger partial charge in [0.25, 0.3) is 5.91 Å². The summed E-state index contributed by atoms with van der Waals surface area (Å²) in [5, 5.41) is 3.20. The first-order chi connectivity index (χ1) is 9.74. The second kappa shape index (κ2) is 5.28. The quantitative estimate of drug-likeness (QED) is 0.924. The van der Waals surface area contributed by atoms with E-state index in [9.17, 15) is 4.79 Å². The number of anilines is 2. The maximum absolute atomic E-state index is 12.4. The topological polar surface area (TPSA) is 58.1 Å². The second-order valence-electron chi connectivity index (χ2n) is 4.88. The minimum Gasteiger partial charge on any atom is -0.351 e. The molecule has 1 aliphatic carbocycles. The molecule has 0 saturated heterocycles. The molecule has 1 amide bonds. The molecule has 0 aliphatic heterocycles. The molecule has 0 atom stereocenters. The third-order valence-corrected chi connectivity index (χ3v) is 3.23. The Labute approximate surface area is 117 Å². The van der Waals surface area contributed by atoms with Crippen LogP contribution in [0.3, 0.4) is 0 Å². The van der Waals surface area contributed by atoms with Gasteiger partial charge in [0.1, 0.15) is 5.69 Å². The standard InChI is InChI=1S/C15H16N4O/c1-19(12-5-3-2-4-6-12)14(20)13-9-10-16-15(18-13)17-11-7-8-11/h2-6,9-11H,7-8H2,1H3,(H,16,17,18). The van der Waals surface area contributed by atoms with E-state index in [1.165, 1.54) is 0 Å². The van der Waals surface area contributed by atoms with Crippen molar-refractivity contribution in [1.82, 2.24) is 9.97 Å². The summed E-state index contributed by atoms with van der Waals surface area (Å²) in [7, 11) is 1.74. The second-order valence-corrected chi connectivity index (χ2v) is 4.88. The predicted octanol–water partition coefficient (Wildman–Crippen LogP) is 2.33. The van der Waals surface area contributed by atoms with E-state index in [0.29, 0.717) is 17.7 Å². The summed E-state index contributed by atoms with van der Waals surface area (Å²) >= 11 is 0. The van der Waals surface area contributed by atoms with Crippen molar-refractivity contribution in [2.24, 2.45) is 0 Å². The van der Waals surface area contributed by atoms with E-state index in [1.54, 1.807) is 24.2 Å². The van der Waals surface area contributed by atoms with Crippen molar-refractivity contribution in [2.45, 2.75) is 18.9 Å². The summed E-state index contributed by atoms with van der Waals surface area (Å²) in [6.07, 6.45) is 3.90. The van der Waals surface area contributed by atoms with Gasteiger partial charge in [0.15, 0.2) is 0 Å². The van der Waals surface area contributed by atoms with Gasteiger partial charge in [-0.3, -0.25) is 4.79 Å². The Morgan fingerprint density at radius 1 is 1.25 bits per heavy atom. The number of benzene rings is 1. The molecule has 1 N–H and O–H groups in total. The van der Waals surface area contributed by atoms with Crippen LogP contribution in [0.25, 0.3) is 0 Å². The van der Waals surface area contributed by atoms with E-state index in [0.717, 1.165) is 18.5 Å². The van der Waals surface area contributed by atoms with Crippen LogP contribution in [0.4, 0.5) is 11.6 Å². The van der Waals surface area contributed by atoms with Crippen molar-refractivity contribution in [3.05, 3.63) is 48.3 Å². The number of nitrogens with one attached hydrogen (secondary N) is 1. The zero-order valence-corrected chi connectivity index (χ0v) is 11.3. The van der Waals surface area contributed by atoms with Crippen molar-refractivity contribution in [2.75, 3.05) is 17.3 Å². The molecule has 1 saturated carbocycles. The highest BCUT2D eigenvalue weighted by molar-refractivity contribution is 6.04. The maximum Gasteiger partial charge on any atom is 0.276 e. The molecule has 1 fully saturated rings. The van der Waals surface area contributed by atoms with Gasteiger partial charge >= 0.3 is 0 Å². The molecule has 1 aliphatic rings. The average Bonchev–Trinajstić information content (AvgIpc) is 3.31. The van der Waals surface area contributed by atoms with E-state index in [-0.39, 0.29) is 5.91 Å². The van der Waals surface area contributed by atoms with Gasteiger partial charge in [-0.2, -0.15) is 0 Å². The average molecular weight is 268 g/mol. The van der Waals surface area contributed by atoms with Crippen LogP contribution in [0.5, 0.6) is 0 Å². The van der Waals surface area contributed by atoms with E-state index in [2.05, 4.69) is 15.3 Å². The number of carbonyl (C=O) groups excluding carboxylic acids is 1. The summed E-state index contributed by atoms with van der Waals surface area (Å²) in [6, 6.07) is 11.6.